The van der Waals surface area contributed by atoms with Crippen LogP contribution in [-0.2, 0) is 0 Å². The zero-order valence-electron chi connectivity index (χ0n) is 15.8. The lowest BCUT2D eigenvalue weighted by molar-refractivity contribution is 0.406. The van der Waals surface area contributed by atoms with Crippen molar-refractivity contribution in [3.63, 3.8) is 0 Å². The van der Waals surface area contributed by atoms with Gasteiger partial charge in [0, 0.05) is 11.6 Å². The van der Waals surface area contributed by atoms with E-state index in [9.17, 15) is 4.39 Å². The molecule has 0 saturated heterocycles. The second-order valence-corrected chi connectivity index (χ2v) is 7.29. The van der Waals surface area contributed by atoms with E-state index in [2.05, 4.69) is 33.9 Å². The first-order chi connectivity index (χ1) is 13.2. The van der Waals surface area contributed by atoms with Crippen molar-refractivity contribution in [2.24, 2.45) is 5.92 Å². The van der Waals surface area contributed by atoms with E-state index < -0.39 is 5.82 Å². The smallest absolute Gasteiger partial charge is 0.292 e. The third kappa shape index (κ3) is 2.86. The summed E-state index contributed by atoms with van der Waals surface area (Å²) in [5.41, 5.74) is 19.2. The number of nitrogens with zero attached hydrogens (tertiary/aromatic N) is 5. The van der Waals surface area contributed by atoms with E-state index in [0.717, 1.165) is 6.42 Å². The minimum absolute atomic E-state index is 0.000521. The van der Waals surface area contributed by atoms with Gasteiger partial charge in [-0.1, -0.05) is 13.8 Å². The topological polar surface area (TPSA) is 148 Å². The molecule has 3 aromatic heterocycles. The molecule has 0 saturated carbocycles. The maximum atomic E-state index is 14.9. The van der Waals surface area contributed by atoms with Crippen molar-refractivity contribution in [3.05, 3.63) is 17.9 Å². The molecule has 4 rings (SSSR count). The highest BCUT2D eigenvalue weighted by Gasteiger charge is 2.24. The first kappa shape index (κ1) is 18.0. The largest absolute Gasteiger partial charge is 0.424 e. The standard InChI is InChI=1S/C18H21FN8O/c1-7(2)4-8(3)27-16-13(15(20)24-17(21)25-16)14(26-27)9-5-11-12(6-10(9)19)28-18(22)23-11/h5-8H,4H2,1-3H3,(H2,22,23)(H4,20,21,24,25)/t8-/m0/s1. The highest BCUT2D eigenvalue weighted by Crippen LogP contribution is 2.36. The monoisotopic (exact) mass is 384 g/mol. The number of benzene rings is 1. The number of rotatable bonds is 4. The van der Waals surface area contributed by atoms with Crippen LogP contribution in [0.4, 0.5) is 22.2 Å². The molecule has 0 aliphatic heterocycles. The predicted octanol–water partition coefficient (Wildman–Crippen LogP) is 3.13. The number of nitrogen functional groups attached to an aromatic ring is 3. The summed E-state index contributed by atoms with van der Waals surface area (Å²) in [5, 5.41) is 5.08. The van der Waals surface area contributed by atoms with E-state index in [1.54, 1.807) is 4.68 Å². The molecule has 0 amide bonds. The Morgan fingerprint density at radius 2 is 1.86 bits per heavy atom. The molecule has 9 nitrogen and oxygen atoms in total. The van der Waals surface area contributed by atoms with Crippen LogP contribution in [0.5, 0.6) is 0 Å². The quantitative estimate of drug-likeness (QED) is 0.486. The molecule has 146 valence electrons. The van der Waals surface area contributed by atoms with E-state index in [1.165, 1.54) is 12.1 Å². The van der Waals surface area contributed by atoms with Crippen molar-refractivity contribution in [3.8, 4) is 11.3 Å². The molecular formula is C18H21FN8O. The number of oxazole rings is 1. The van der Waals surface area contributed by atoms with E-state index in [4.69, 9.17) is 21.6 Å². The summed E-state index contributed by atoms with van der Waals surface area (Å²) in [6.07, 6.45) is 0.849. The zero-order chi connectivity index (χ0) is 20.2. The van der Waals surface area contributed by atoms with Crippen molar-refractivity contribution in [1.29, 1.82) is 0 Å². The molecular weight excluding hydrogens is 363 g/mol. The molecule has 28 heavy (non-hydrogen) atoms. The van der Waals surface area contributed by atoms with E-state index in [1.807, 2.05) is 6.92 Å². The molecule has 0 spiro atoms. The molecule has 0 bridgehead atoms. The molecule has 1 atom stereocenters. The Balaban J connectivity index is 2.00. The van der Waals surface area contributed by atoms with Gasteiger partial charge < -0.3 is 21.6 Å². The van der Waals surface area contributed by atoms with Crippen LogP contribution in [0.3, 0.4) is 0 Å². The second kappa shape index (κ2) is 6.32. The summed E-state index contributed by atoms with van der Waals surface area (Å²) in [6, 6.07) is 2.71. The lowest BCUT2D eigenvalue weighted by Gasteiger charge is -2.15. The lowest BCUT2D eigenvalue weighted by Crippen LogP contribution is -2.11. The molecule has 3 heterocycles. The fraction of sp³-hybridized carbons (Fsp3) is 0.333. The Morgan fingerprint density at radius 3 is 2.57 bits per heavy atom. The number of fused-ring (bicyclic) bond motifs is 2. The van der Waals surface area contributed by atoms with Crippen LogP contribution in [0.1, 0.15) is 33.2 Å². The van der Waals surface area contributed by atoms with Gasteiger partial charge in [-0.3, -0.25) is 0 Å². The third-order valence-electron chi connectivity index (χ3n) is 4.58. The molecule has 6 N–H and O–H groups in total. The normalized spacial score (nSPS) is 13.0. The molecule has 0 unspecified atom stereocenters. The average molecular weight is 384 g/mol. The van der Waals surface area contributed by atoms with Crippen molar-refractivity contribution in [2.75, 3.05) is 17.2 Å². The summed E-state index contributed by atoms with van der Waals surface area (Å²) in [5.74, 6) is 0.0673. The maximum Gasteiger partial charge on any atom is 0.292 e. The molecule has 0 aliphatic carbocycles. The molecule has 0 radical (unpaired) electrons. The molecule has 10 heteroatoms. The molecule has 4 aromatic rings. The Bertz CT molecular complexity index is 1200. The van der Waals surface area contributed by atoms with Gasteiger partial charge in [-0.05, 0) is 25.3 Å². The fourth-order valence-corrected chi connectivity index (χ4v) is 3.51. The van der Waals surface area contributed by atoms with E-state index in [0.29, 0.717) is 28.2 Å². The van der Waals surface area contributed by atoms with E-state index in [-0.39, 0.29) is 35.0 Å². The Labute approximate surface area is 159 Å². The lowest BCUT2D eigenvalue weighted by atomic mass is 10.1. The highest BCUT2D eigenvalue weighted by molar-refractivity contribution is 6.00. The van der Waals surface area contributed by atoms with Crippen LogP contribution < -0.4 is 17.2 Å². The van der Waals surface area contributed by atoms with E-state index >= 15 is 0 Å². The SMILES string of the molecule is CC(C)C[C@H](C)n1nc(-c2cc3nc(N)oc3cc2F)c2c(N)nc(N)nc21. The van der Waals surface area contributed by atoms with Crippen LogP contribution in [0, 0.1) is 11.7 Å². The van der Waals surface area contributed by atoms with Crippen LogP contribution in [-0.4, -0.2) is 24.7 Å². The van der Waals surface area contributed by atoms with Gasteiger partial charge in [-0.25, -0.2) is 9.07 Å². The van der Waals surface area contributed by atoms with Gasteiger partial charge >= 0.3 is 0 Å². The summed E-state index contributed by atoms with van der Waals surface area (Å²) >= 11 is 0. The van der Waals surface area contributed by atoms with Gasteiger partial charge in [0.15, 0.2) is 11.2 Å². The minimum atomic E-state index is -0.539. The first-order valence-corrected chi connectivity index (χ1v) is 8.91. The molecule has 0 fully saturated rings. The summed E-state index contributed by atoms with van der Waals surface area (Å²) < 4.78 is 21.8. The molecule has 0 aliphatic rings. The fourth-order valence-electron chi connectivity index (χ4n) is 3.51. The Hall–Kier alpha value is -3.43. The summed E-state index contributed by atoms with van der Waals surface area (Å²) in [7, 11) is 0. The third-order valence-corrected chi connectivity index (χ3v) is 4.58. The van der Waals surface area contributed by atoms with Gasteiger partial charge in [-0.15, -0.1) is 0 Å². The summed E-state index contributed by atoms with van der Waals surface area (Å²) in [4.78, 5) is 12.4. The number of hydrogen-bond acceptors (Lipinski definition) is 8. The maximum absolute atomic E-state index is 14.9. The van der Waals surface area contributed by atoms with Gasteiger partial charge in [0.25, 0.3) is 6.01 Å². The minimum Gasteiger partial charge on any atom is -0.424 e. The van der Waals surface area contributed by atoms with Crippen LogP contribution in [0.15, 0.2) is 16.5 Å². The average Bonchev–Trinajstić information content (AvgIpc) is 3.12. The Morgan fingerprint density at radius 1 is 1.11 bits per heavy atom. The number of nitrogens with two attached hydrogens (primary N) is 3. The number of hydrogen-bond donors (Lipinski definition) is 3. The summed E-state index contributed by atoms with van der Waals surface area (Å²) in [6.45, 7) is 6.25. The van der Waals surface area contributed by atoms with Crippen molar-refractivity contribution < 1.29 is 8.81 Å². The van der Waals surface area contributed by atoms with Gasteiger partial charge in [-0.2, -0.15) is 20.1 Å². The zero-order valence-corrected chi connectivity index (χ0v) is 15.8. The van der Waals surface area contributed by atoms with Crippen molar-refractivity contribution >= 4 is 39.9 Å². The van der Waals surface area contributed by atoms with Gasteiger partial charge in [0.1, 0.15) is 22.8 Å². The first-order valence-electron chi connectivity index (χ1n) is 8.91. The highest BCUT2D eigenvalue weighted by atomic mass is 19.1. The van der Waals surface area contributed by atoms with Crippen LogP contribution in [0.25, 0.3) is 33.4 Å². The van der Waals surface area contributed by atoms with Crippen molar-refractivity contribution in [1.82, 2.24) is 24.7 Å². The number of aromatic nitrogens is 5. The van der Waals surface area contributed by atoms with Crippen molar-refractivity contribution in [2.45, 2.75) is 33.2 Å². The number of halogens is 1. The molecule has 1 aromatic carbocycles. The number of anilines is 3. The van der Waals surface area contributed by atoms with Crippen LogP contribution in [0.2, 0.25) is 0 Å². The Kier molecular flexibility index (Phi) is 4.06. The van der Waals surface area contributed by atoms with Crippen LogP contribution >= 0.6 is 0 Å². The van der Waals surface area contributed by atoms with Gasteiger partial charge in [0.05, 0.1) is 11.4 Å². The second-order valence-electron chi connectivity index (χ2n) is 7.29. The van der Waals surface area contributed by atoms with Gasteiger partial charge in [0.2, 0.25) is 5.95 Å². The predicted molar refractivity (Wildman–Crippen MR) is 106 cm³/mol.